The molecule has 2 amide bonds. The number of benzene rings is 2. The molecule has 2 aromatic rings. The Kier molecular flexibility index (Phi) is 4.97. The van der Waals surface area contributed by atoms with E-state index in [-0.39, 0.29) is 29.0 Å². The zero-order chi connectivity index (χ0) is 18.7. The van der Waals surface area contributed by atoms with E-state index in [9.17, 15) is 19.7 Å². The van der Waals surface area contributed by atoms with Crippen LogP contribution < -0.4 is 10.2 Å². The molecule has 0 aromatic heterocycles. The van der Waals surface area contributed by atoms with E-state index >= 15 is 0 Å². The van der Waals surface area contributed by atoms with Gasteiger partial charge in [0.15, 0.2) is 0 Å². The lowest BCUT2D eigenvalue weighted by atomic mass is 10.1. The van der Waals surface area contributed by atoms with E-state index < -0.39 is 4.92 Å². The van der Waals surface area contributed by atoms with Crippen molar-refractivity contribution in [3.05, 3.63) is 69.8 Å². The van der Waals surface area contributed by atoms with E-state index in [0.717, 1.165) is 11.3 Å². The minimum Gasteiger partial charge on any atom is -0.352 e. The largest absolute Gasteiger partial charge is 0.352 e. The topological polar surface area (TPSA) is 92.6 Å². The monoisotopic (exact) mass is 353 g/mol. The van der Waals surface area contributed by atoms with Crippen molar-refractivity contribution in [2.24, 2.45) is 5.92 Å². The molecule has 7 nitrogen and oxygen atoms in total. The summed E-state index contributed by atoms with van der Waals surface area (Å²) < 4.78 is 0. The van der Waals surface area contributed by atoms with Gasteiger partial charge in [0.1, 0.15) is 0 Å². The molecule has 0 aliphatic carbocycles. The van der Waals surface area contributed by atoms with Gasteiger partial charge in [-0.05, 0) is 25.1 Å². The smallest absolute Gasteiger partial charge is 0.270 e. The molecule has 1 aliphatic heterocycles. The first-order valence-corrected chi connectivity index (χ1v) is 8.34. The highest BCUT2D eigenvalue weighted by molar-refractivity contribution is 5.96. The lowest BCUT2D eigenvalue weighted by Gasteiger charge is -2.17. The number of nitro benzene ring substituents is 1. The van der Waals surface area contributed by atoms with Crippen molar-refractivity contribution >= 4 is 23.2 Å². The minimum absolute atomic E-state index is 0.00597. The highest BCUT2D eigenvalue weighted by atomic mass is 16.6. The van der Waals surface area contributed by atoms with Gasteiger partial charge in [-0.2, -0.15) is 0 Å². The van der Waals surface area contributed by atoms with Gasteiger partial charge in [-0.25, -0.2) is 0 Å². The zero-order valence-electron chi connectivity index (χ0n) is 14.3. The van der Waals surface area contributed by atoms with Crippen molar-refractivity contribution in [2.45, 2.75) is 13.3 Å². The Hall–Kier alpha value is -3.22. The maximum Gasteiger partial charge on any atom is 0.270 e. The summed E-state index contributed by atoms with van der Waals surface area (Å²) in [4.78, 5) is 36.4. The van der Waals surface area contributed by atoms with Crippen LogP contribution in [0.15, 0.2) is 48.5 Å². The van der Waals surface area contributed by atoms with Crippen LogP contribution in [0.2, 0.25) is 0 Å². The second kappa shape index (κ2) is 7.35. The number of hydrogen-bond acceptors (Lipinski definition) is 4. The molecule has 1 aliphatic rings. The van der Waals surface area contributed by atoms with Crippen molar-refractivity contribution in [1.29, 1.82) is 0 Å². The Morgan fingerprint density at radius 2 is 2.00 bits per heavy atom. The number of hydrogen-bond donors (Lipinski definition) is 1. The van der Waals surface area contributed by atoms with Crippen molar-refractivity contribution in [3.8, 4) is 0 Å². The zero-order valence-corrected chi connectivity index (χ0v) is 14.3. The molecule has 1 heterocycles. The van der Waals surface area contributed by atoms with E-state index in [1.165, 1.54) is 24.3 Å². The Bertz CT molecular complexity index is 848. The van der Waals surface area contributed by atoms with Crippen molar-refractivity contribution < 1.29 is 14.5 Å². The number of nitrogens with one attached hydrogen (secondary N) is 1. The minimum atomic E-state index is -0.536. The molecule has 26 heavy (non-hydrogen) atoms. The summed E-state index contributed by atoms with van der Waals surface area (Å²) in [5, 5.41) is 13.6. The summed E-state index contributed by atoms with van der Waals surface area (Å²) >= 11 is 0. The Balaban J connectivity index is 1.59. The summed E-state index contributed by atoms with van der Waals surface area (Å²) in [6, 6.07) is 13.3. The standard InChI is InChI=1S/C19H19N3O4/c1-13-5-7-16(8-6-13)21-12-14(9-18(21)23)11-20-19(24)15-3-2-4-17(10-15)22(25)26/h2-8,10,14H,9,11-12H2,1H3,(H,20,24). The predicted molar refractivity (Wildman–Crippen MR) is 97.1 cm³/mol. The highest BCUT2D eigenvalue weighted by Crippen LogP contribution is 2.25. The fraction of sp³-hybridized carbons (Fsp3) is 0.263. The third-order valence-electron chi connectivity index (χ3n) is 4.42. The van der Waals surface area contributed by atoms with E-state index in [0.29, 0.717) is 19.5 Å². The number of carbonyl (C=O) groups is 2. The van der Waals surface area contributed by atoms with Crippen LogP contribution in [0, 0.1) is 23.0 Å². The molecule has 1 N–H and O–H groups in total. The molecule has 0 radical (unpaired) electrons. The summed E-state index contributed by atoms with van der Waals surface area (Å²) in [7, 11) is 0. The Morgan fingerprint density at radius 3 is 2.69 bits per heavy atom. The van der Waals surface area contributed by atoms with Gasteiger partial charge >= 0.3 is 0 Å². The van der Waals surface area contributed by atoms with Crippen molar-refractivity contribution in [1.82, 2.24) is 5.32 Å². The van der Waals surface area contributed by atoms with Crippen LogP contribution in [0.5, 0.6) is 0 Å². The van der Waals surface area contributed by atoms with Gasteiger partial charge in [0.25, 0.3) is 11.6 Å². The summed E-state index contributed by atoms with van der Waals surface area (Å²) in [5.41, 5.74) is 2.09. The van der Waals surface area contributed by atoms with Gasteiger partial charge in [-0.3, -0.25) is 19.7 Å². The molecule has 0 spiro atoms. The highest BCUT2D eigenvalue weighted by Gasteiger charge is 2.30. The molecular formula is C19H19N3O4. The molecule has 134 valence electrons. The molecule has 3 rings (SSSR count). The lowest BCUT2D eigenvalue weighted by Crippen LogP contribution is -2.31. The Labute approximate surface area is 150 Å². The number of non-ortho nitro benzene ring substituents is 1. The van der Waals surface area contributed by atoms with E-state index in [1.807, 2.05) is 31.2 Å². The van der Waals surface area contributed by atoms with Gasteiger partial charge in [-0.15, -0.1) is 0 Å². The lowest BCUT2D eigenvalue weighted by molar-refractivity contribution is -0.384. The molecule has 1 atom stereocenters. The molecule has 1 saturated heterocycles. The fourth-order valence-electron chi connectivity index (χ4n) is 2.99. The van der Waals surface area contributed by atoms with E-state index in [4.69, 9.17) is 0 Å². The maximum absolute atomic E-state index is 12.2. The van der Waals surface area contributed by atoms with E-state index in [1.54, 1.807) is 4.90 Å². The number of nitrogens with zero attached hydrogens (tertiary/aromatic N) is 2. The molecule has 0 bridgehead atoms. The van der Waals surface area contributed by atoms with Gasteiger partial charge < -0.3 is 10.2 Å². The van der Waals surface area contributed by atoms with Crippen molar-refractivity contribution in [2.75, 3.05) is 18.0 Å². The van der Waals surface area contributed by atoms with Crippen LogP contribution in [0.4, 0.5) is 11.4 Å². The summed E-state index contributed by atoms with van der Waals surface area (Å²) in [6.45, 7) is 2.87. The average Bonchev–Trinajstić information content (AvgIpc) is 3.01. The molecule has 0 saturated carbocycles. The quantitative estimate of drug-likeness (QED) is 0.661. The first-order valence-electron chi connectivity index (χ1n) is 8.34. The summed E-state index contributed by atoms with van der Waals surface area (Å²) in [5.74, 6) is -0.343. The molecular weight excluding hydrogens is 334 g/mol. The normalized spacial score (nSPS) is 16.6. The number of rotatable bonds is 5. The second-order valence-corrected chi connectivity index (χ2v) is 6.43. The van der Waals surface area contributed by atoms with Crippen LogP contribution in [0.3, 0.4) is 0 Å². The molecule has 1 fully saturated rings. The fourth-order valence-corrected chi connectivity index (χ4v) is 2.99. The third kappa shape index (κ3) is 3.88. The van der Waals surface area contributed by atoms with Crippen LogP contribution in [-0.2, 0) is 4.79 Å². The van der Waals surface area contributed by atoms with Gasteiger partial charge in [0.2, 0.25) is 5.91 Å². The average molecular weight is 353 g/mol. The molecule has 1 unspecified atom stereocenters. The first kappa shape index (κ1) is 17.6. The van der Waals surface area contributed by atoms with Crippen LogP contribution in [0.1, 0.15) is 22.3 Å². The van der Waals surface area contributed by atoms with Gasteiger partial charge in [0, 0.05) is 48.8 Å². The molecule has 7 heteroatoms. The number of aryl methyl sites for hydroxylation is 1. The number of carbonyl (C=O) groups excluding carboxylic acids is 2. The molecule has 2 aromatic carbocycles. The number of anilines is 1. The maximum atomic E-state index is 12.2. The second-order valence-electron chi connectivity index (χ2n) is 6.43. The predicted octanol–water partition coefficient (Wildman–Crippen LogP) is 2.69. The van der Waals surface area contributed by atoms with Crippen LogP contribution >= 0.6 is 0 Å². The SMILES string of the molecule is Cc1ccc(N2CC(CNC(=O)c3cccc([N+](=O)[O-])c3)CC2=O)cc1. The van der Waals surface area contributed by atoms with Crippen molar-refractivity contribution in [3.63, 3.8) is 0 Å². The third-order valence-corrected chi connectivity index (χ3v) is 4.42. The summed E-state index contributed by atoms with van der Waals surface area (Å²) in [6.07, 6.45) is 0.364. The number of amides is 2. The van der Waals surface area contributed by atoms with Gasteiger partial charge in [-0.1, -0.05) is 23.8 Å². The number of nitro groups is 1. The first-order chi connectivity index (χ1) is 12.4. The Morgan fingerprint density at radius 1 is 1.27 bits per heavy atom. The van der Waals surface area contributed by atoms with Gasteiger partial charge in [0.05, 0.1) is 4.92 Å². The van der Waals surface area contributed by atoms with Crippen LogP contribution in [0.25, 0.3) is 0 Å². The van der Waals surface area contributed by atoms with E-state index in [2.05, 4.69) is 5.32 Å². The van der Waals surface area contributed by atoms with Crippen LogP contribution in [-0.4, -0.2) is 29.8 Å².